The fourth-order valence-corrected chi connectivity index (χ4v) is 8.21. The zero-order valence-electron chi connectivity index (χ0n) is 21.9. The molecule has 0 aliphatic heterocycles. The van der Waals surface area contributed by atoms with E-state index in [1.54, 1.807) is 38.4 Å². The second-order valence-corrected chi connectivity index (χ2v) is 12.0. The number of halogens is 1. The van der Waals surface area contributed by atoms with Crippen LogP contribution in [0.2, 0.25) is 0 Å². The Morgan fingerprint density at radius 2 is 2.05 bits per heavy atom. The molecule has 37 heavy (non-hydrogen) atoms. The van der Waals surface area contributed by atoms with Crippen LogP contribution in [-0.4, -0.2) is 55.8 Å². The van der Waals surface area contributed by atoms with E-state index in [-0.39, 0.29) is 18.9 Å². The lowest BCUT2D eigenvalue weighted by Crippen LogP contribution is -2.69. The van der Waals surface area contributed by atoms with Gasteiger partial charge in [0.05, 0.1) is 6.10 Å². The van der Waals surface area contributed by atoms with Crippen LogP contribution in [0, 0.1) is 35.5 Å². The molecule has 1 aromatic rings. The summed E-state index contributed by atoms with van der Waals surface area (Å²) in [5.41, 5.74) is -2.46. The largest absolute Gasteiger partial charge is 0.390 e. The van der Waals surface area contributed by atoms with Gasteiger partial charge in [-0.15, -0.1) is 0 Å². The molecule has 1 aromatic heterocycles. The minimum absolute atomic E-state index is 0.0530. The normalized spacial score (nSPS) is 43.6. The first kappa shape index (κ1) is 26.2. The van der Waals surface area contributed by atoms with Gasteiger partial charge in [0.1, 0.15) is 24.5 Å². The number of carbonyl (C=O) groups is 1. The van der Waals surface area contributed by atoms with E-state index in [0.717, 1.165) is 16.7 Å². The fourth-order valence-electron chi connectivity index (χ4n) is 8.21. The van der Waals surface area contributed by atoms with Crippen molar-refractivity contribution in [2.75, 3.05) is 6.61 Å². The van der Waals surface area contributed by atoms with Crippen molar-refractivity contribution in [2.24, 2.45) is 33.7 Å². The minimum atomic E-state index is -1.97. The summed E-state index contributed by atoms with van der Waals surface area (Å²) in [7, 11) is 0. The molecule has 3 fully saturated rings. The van der Waals surface area contributed by atoms with Crippen LogP contribution in [0.1, 0.15) is 57.6 Å². The average Bonchev–Trinajstić information content (AvgIpc) is 3.06. The van der Waals surface area contributed by atoms with Crippen LogP contribution in [-0.2, 0) is 16.2 Å². The Morgan fingerprint density at radius 3 is 2.76 bits per heavy atom. The molecule has 8 atom stereocenters. The zero-order chi connectivity index (χ0) is 26.8. The first-order valence-corrected chi connectivity index (χ1v) is 13.2. The Morgan fingerprint density at radius 1 is 1.30 bits per heavy atom. The molecule has 5 rings (SSSR count). The second-order valence-electron chi connectivity index (χ2n) is 12.0. The van der Waals surface area contributed by atoms with Crippen molar-refractivity contribution in [1.82, 2.24) is 4.98 Å². The summed E-state index contributed by atoms with van der Waals surface area (Å²) >= 11 is 0. The van der Waals surface area contributed by atoms with Crippen LogP contribution < -0.4 is 0 Å². The van der Waals surface area contributed by atoms with Crippen LogP contribution in [0.25, 0.3) is 0 Å². The summed E-state index contributed by atoms with van der Waals surface area (Å²) in [6.07, 6.45) is 9.01. The molecule has 3 N–H and O–H groups in total. The Kier molecular flexibility index (Phi) is 6.24. The number of carbonyl (C=O) groups excluding carboxylic acids is 1. The molecule has 0 unspecified atom stereocenters. The van der Waals surface area contributed by atoms with Crippen molar-refractivity contribution in [3.8, 4) is 0 Å². The third-order valence-electron chi connectivity index (χ3n) is 10.1. The Balaban J connectivity index is 1.42. The number of Topliss-reactive ketones (excluding diaryl/α,β-unsaturated/α-hetero) is 1. The van der Waals surface area contributed by atoms with Crippen molar-refractivity contribution in [3.63, 3.8) is 0 Å². The fraction of sp³-hybridized carbons (Fsp3) is 0.621. The maximum absolute atomic E-state index is 17.4. The van der Waals surface area contributed by atoms with Crippen molar-refractivity contribution in [3.05, 3.63) is 53.4 Å². The molecule has 200 valence electrons. The summed E-state index contributed by atoms with van der Waals surface area (Å²) in [4.78, 5) is 22.5. The van der Waals surface area contributed by atoms with Gasteiger partial charge in [-0.1, -0.05) is 30.7 Å². The number of hydrogen-bond donors (Lipinski definition) is 3. The highest BCUT2D eigenvalue weighted by Crippen LogP contribution is 2.70. The summed E-state index contributed by atoms with van der Waals surface area (Å²) in [5.74, 6) is -1.93. The number of oxime groups is 1. The van der Waals surface area contributed by atoms with Crippen molar-refractivity contribution in [1.29, 1.82) is 0 Å². The molecule has 4 aliphatic carbocycles. The molecule has 8 heteroatoms. The first-order valence-electron chi connectivity index (χ1n) is 13.2. The van der Waals surface area contributed by atoms with E-state index >= 15 is 4.39 Å². The molecule has 3 saturated carbocycles. The summed E-state index contributed by atoms with van der Waals surface area (Å²) in [6, 6.07) is 1.98. The van der Waals surface area contributed by atoms with Gasteiger partial charge in [0.25, 0.3) is 0 Å². The van der Waals surface area contributed by atoms with Gasteiger partial charge in [0, 0.05) is 34.7 Å². The van der Waals surface area contributed by atoms with E-state index in [4.69, 9.17) is 4.84 Å². The average molecular weight is 513 g/mol. The number of aromatic nitrogens is 1. The molecule has 0 amide bonds. The van der Waals surface area contributed by atoms with Gasteiger partial charge in [-0.2, -0.15) is 0 Å². The standard InChI is InChI=1S/C29H37FN2O5/c1-17-9-19(14-31-13-17)16-37-32-21-7-8-26(3)20(11-21)5-6-22-23-10-18(2)29(36,25(35)15-33)27(23,4)12-24(34)28(22,26)30/h7-9,11,13-14,18,22-24,33-34,36H,5-6,10,12,15-16H2,1-4H3/b32-21+/t18-,22+,23+,24+,26+,27+,28+,29+/m1/s1. The zero-order valence-corrected chi connectivity index (χ0v) is 21.9. The van der Waals surface area contributed by atoms with Crippen molar-refractivity contribution in [2.45, 2.75) is 77.4 Å². The summed E-state index contributed by atoms with van der Waals surface area (Å²) in [5, 5.41) is 36.9. The van der Waals surface area contributed by atoms with Crippen LogP contribution >= 0.6 is 0 Å². The summed E-state index contributed by atoms with van der Waals surface area (Å²) in [6.45, 7) is 6.85. The number of fused-ring (bicyclic) bond motifs is 5. The highest BCUT2D eigenvalue weighted by molar-refractivity contribution is 6.05. The number of hydrogen-bond acceptors (Lipinski definition) is 7. The summed E-state index contributed by atoms with van der Waals surface area (Å²) < 4.78 is 17.4. The van der Waals surface area contributed by atoms with E-state index in [0.29, 0.717) is 25.0 Å². The predicted octanol–water partition coefficient (Wildman–Crippen LogP) is 3.60. The number of aliphatic hydroxyl groups is 3. The third-order valence-corrected chi connectivity index (χ3v) is 10.1. The highest BCUT2D eigenvalue weighted by atomic mass is 19.1. The van der Waals surface area contributed by atoms with Crippen LogP contribution in [0.15, 0.2) is 47.4 Å². The maximum Gasteiger partial charge on any atom is 0.190 e. The number of alkyl halides is 1. The number of aryl methyl sites for hydroxylation is 1. The van der Waals surface area contributed by atoms with Crippen molar-refractivity contribution >= 4 is 11.5 Å². The second kappa shape index (κ2) is 8.82. The van der Waals surface area contributed by atoms with Gasteiger partial charge in [-0.3, -0.25) is 9.78 Å². The molecule has 0 saturated heterocycles. The Hall–Kier alpha value is -2.42. The minimum Gasteiger partial charge on any atom is -0.390 e. The van der Waals surface area contributed by atoms with Gasteiger partial charge in [0.2, 0.25) is 0 Å². The van der Waals surface area contributed by atoms with E-state index < -0.39 is 52.4 Å². The predicted molar refractivity (Wildman–Crippen MR) is 136 cm³/mol. The van der Waals surface area contributed by atoms with Crippen LogP contribution in [0.4, 0.5) is 4.39 Å². The quantitative estimate of drug-likeness (QED) is 0.520. The molecule has 7 nitrogen and oxygen atoms in total. The number of ketones is 1. The van der Waals surface area contributed by atoms with Crippen LogP contribution in [0.3, 0.4) is 0 Å². The molecular formula is C29H37FN2O5. The molecule has 0 bridgehead atoms. The van der Waals surface area contributed by atoms with Gasteiger partial charge >= 0.3 is 0 Å². The molecule has 4 aliphatic rings. The molecule has 0 spiro atoms. The number of pyridine rings is 1. The Bertz CT molecular complexity index is 1200. The number of rotatable bonds is 5. The molecular weight excluding hydrogens is 475 g/mol. The number of aliphatic hydroxyl groups excluding tert-OH is 2. The first-order chi connectivity index (χ1) is 17.4. The van der Waals surface area contributed by atoms with Gasteiger partial charge in [-0.25, -0.2) is 4.39 Å². The topological polar surface area (TPSA) is 112 Å². The van der Waals surface area contributed by atoms with E-state index in [1.807, 2.05) is 26.0 Å². The Labute approximate surface area is 217 Å². The lowest BCUT2D eigenvalue weighted by molar-refractivity contribution is -0.219. The van der Waals surface area contributed by atoms with Gasteiger partial charge in [0.15, 0.2) is 11.5 Å². The maximum atomic E-state index is 17.4. The smallest absolute Gasteiger partial charge is 0.190 e. The van der Waals surface area contributed by atoms with E-state index in [2.05, 4.69) is 10.1 Å². The number of allylic oxidation sites excluding steroid dienone is 4. The van der Waals surface area contributed by atoms with Crippen LogP contribution in [0.5, 0.6) is 0 Å². The van der Waals surface area contributed by atoms with E-state index in [9.17, 15) is 20.1 Å². The number of nitrogens with zero attached hydrogens (tertiary/aromatic N) is 2. The third kappa shape index (κ3) is 3.52. The molecule has 0 radical (unpaired) electrons. The molecule has 0 aromatic carbocycles. The van der Waals surface area contributed by atoms with E-state index in [1.165, 1.54) is 0 Å². The van der Waals surface area contributed by atoms with Gasteiger partial charge in [-0.05, 0) is 75.1 Å². The van der Waals surface area contributed by atoms with Gasteiger partial charge < -0.3 is 20.2 Å². The highest BCUT2D eigenvalue weighted by Gasteiger charge is 2.75. The lowest BCUT2D eigenvalue weighted by Gasteiger charge is -2.62. The van der Waals surface area contributed by atoms with Crippen molar-refractivity contribution < 1.29 is 29.3 Å². The molecule has 1 heterocycles. The SMILES string of the molecule is Cc1cncc(CO/N=C2\C=C[C@@]3(C)C(=C2)CC[C@H]2[C@@H]4C[C@@H](C)[C@](O)(C(=O)CO)[C@@]4(C)C[C@H](O)[C@@]23F)c1. The monoisotopic (exact) mass is 512 g/mol. The lowest BCUT2D eigenvalue weighted by atomic mass is 9.44.